The van der Waals surface area contributed by atoms with Gasteiger partial charge in [0.2, 0.25) is 11.8 Å². The van der Waals surface area contributed by atoms with Crippen LogP contribution >= 0.6 is 23.2 Å². The summed E-state index contributed by atoms with van der Waals surface area (Å²) in [5, 5.41) is 3.81. The van der Waals surface area contributed by atoms with Crippen LogP contribution in [0.2, 0.25) is 10.0 Å². The number of hydrogen-bond donors (Lipinski definition) is 1. The Balaban J connectivity index is 1.73. The molecule has 0 aliphatic heterocycles. The lowest BCUT2D eigenvalue weighted by molar-refractivity contribution is -0.140. The SMILES string of the molecule is CCC(C(=O)NC1CCCC1)N(Cc1ccc(Cl)c(Cl)c1)C(=O)CN(c1cccc(C)c1)S(=O)(=O)c1ccc(C)cc1. The van der Waals surface area contributed by atoms with Gasteiger partial charge in [-0.3, -0.25) is 13.9 Å². The van der Waals surface area contributed by atoms with E-state index in [0.29, 0.717) is 27.7 Å². The van der Waals surface area contributed by atoms with Gasteiger partial charge in [-0.15, -0.1) is 0 Å². The molecule has 0 saturated heterocycles. The van der Waals surface area contributed by atoms with Gasteiger partial charge in [0.25, 0.3) is 10.0 Å². The second kappa shape index (κ2) is 13.9. The number of rotatable bonds is 11. The summed E-state index contributed by atoms with van der Waals surface area (Å²) in [6.07, 6.45) is 4.25. The van der Waals surface area contributed by atoms with Gasteiger partial charge in [-0.25, -0.2) is 8.42 Å². The van der Waals surface area contributed by atoms with Crippen LogP contribution in [0.4, 0.5) is 5.69 Å². The fourth-order valence-electron chi connectivity index (χ4n) is 5.27. The van der Waals surface area contributed by atoms with Crippen molar-refractivity contribution in [3.05, 3.63) is 93.5 Å². The number of hydrogen-bond acceptors (Lipinski definition) is 4. The first kappa shape index (κ1) is 31.9. The van der Waals surface area contributed by atoms with Crippen LogP contribution in [0, 0.1) is 13.8 Å². The summed E-state index contributed by atoms with van der Waals surface area (Å²) in [6.45, 7) is 5.14. The highest BCUT2D eigenvalue weighted by Crippen LogP contribution is 2.28. The Morgan fingerprint density at radius 1 is 0.929 bits per heavy atom. The van der Waals surface area contributed by atoms with Gasteiger partial charge in [-0.05, 0) is 80.6 Å². The maximum Gasteiger partial charge on any atom is 0.264 e. The summed E-state index contributed by atoms with van der Waals surface area (Å²) in [6, 6.07) is 17.8. The minimum absolute atomic E-state index is 0.0541. The van der Waals surface area contributed by atoms with Crippen LogP contribution in [0.25, 0.3) is 0 Å². The summed E-state index contributed by atoms with van der Waals surface area (Å²) in [7, 11) is -4.13. The summed E-state index contributed by atoms with van der Waals surface area (Å²) < 4.78 is 29.1. The molecule has 0 heterocycles. The molecule has 42 heavy (non-hydrogen) atoms. The number of nitrogens with zero attached hydrogens (tertiary/aromatic N) is 2. The Kier molecular flexibility index (Phi) is 10.6. The molecule has 0 radical (unpaired) electrons. The predicted octanol–water partition coefficient (Wildman–Crippen LogP) is 6.67. The standard InChI is InChI=1S/C32H37Cl2N3O4S/c1-4-30(32(39)35-25-9-5-6-10-25)36(20-24-14-17-28(33)29(34)19-24)31(38)21-37(26-11-7-8-23(3)18-26)42(40,41)27-15-12-22(2)13-16-27/h7-8,11-19,25,30H,4-6,9-10,20-21H2,1-3H3,(H,35,39). The Labute approximate surface area is 258 Å². The monoisotopic (exact) mass is 629 g/mol. The molecule has 0 bridgehead atoms. The van der Waals surface area contributed by atoms with E-state index in [-0.39, 0.29) is 23.4 Å². The summed E-state index contributed by atoms with van der Waals surface area (Å²) >= 11 is 12.4. The molecule has 0 aromatic heterocycles. The van der Waals surface area contributed by atoms with E-state index in [1.165, 1.54) is 17.0 Å². The fourth-order valence-corrected chi connectivity index (χ4v) is 7.00. The highest BCUT2D eigenvalue weighted by atomic mass is 35.5. The third-order valence-electron chi connectivity index (χ3n) is 7.60. The normalized spacial score (nSPS) is 14.4. The number of benzene rings is 3. The molecule has 1 N–H and O–H groups in total. The zero-order valence-electron chi connectivity index (χ0n) is 24.1. The molecule has 1 saturated carbocycles. The van der Waals surface area contributed by atoms with Crippen LogP contribution in [0.1, 0.15) is 55.7 Å². The summed E-state index contributed by atoms with van der Waals surface area (Å²) in [5.74, 6) is -0.756. The van der Waals surface area contributed by atoms with Gasteiger partial charge < -0.3 is 10.2 Å². The second-order valence-electron chi connectivity index (χ2n) is 10.8. The van der Waals surface area contributed by atoms with E-state index >= 15 is 0 Å². The van der Waals surface area contributed by atoms with E-state index in [1.54, 1.807) is 48.5 Å². The lowest BCUT2D eigenvalue weighted by Gasteiger charge is -2.34. The first-order valence-corrected chi connectivity index (χ1v) is 16.4. The number of anilines is 1. The molecule has 1 unspecified atom stereocenters. The number of carbonyl (C=O) groups is 2. The van der Waals surface area contributed by atoms with Crippen molar-refractivity contribution < 1.29 is 18.0 Å². The van der Waals surface area contributed by atoms with Crippen LogP contribution < -0.4 is 9.62 Å². The van der Waals surface area contributed by atoms with E-state index in [9.17, 15) is 18.0 Å². The van der Waals surface area contributed by atoms with Crippen molar-refractivity contribution in [2.45, 2.75) is 76.4 Å². The van der Waals surface area contributed by atoms with Gasteiger partial charge >= 0.3 is 0 Å². The lowest BCUT2D eigenvalue weighted by Crippen LogP contribution is -2.53. The minimum atomic E-state index is -4.13. The molecule has 1 aliphatic rings. The molecule has 1 aliphatic carbocycles. The second-order valence-corrected chi connectivity index (χ2v) is 13.5. The zero-order valence-corrected chi connectivity index (χ0v) is 26.5. The number of halogens is 2. The highest BCUT2D eigenvalue weighted by Gasteiger charge is 2.34. The van der Waals surface area contributed by atoms with Crippen molar-refractivity contribution in [2.75, 3.05) is 10.8 Å². The first-order chi connectivity index (χ1) is 20.0. The third kappa shape index (κ3) is 7.65. The van der Waals surface area contributed by atoms with E-state index < -0.39 is 28.5 Å². The van der Waals surface area contributed by atoms with Gasteiger partial charge in [-0.2, -0.15) is 0 Å². The van der Waals surface area contributed by atoms with Crippen molar-refractivity contribution in [2.24, 2.45) is 0 Å². The Bertz CT molecular complexity index is 1520. The Morgan fingerprint density at radius 3 is 2.24 bits per heavy atom. The minimum Gasteiger partial charge on any atom is -0.352 e. The molecule has 7 nitrogen and oxygen atoms in total. The number of nitrogens with one attached hydrogen (secondary N) is 1. The quantitative estimate of drug-likeness (QED) is 0.256. The molecular formula is C32H37Cl2N3O4S. The molecule has 224 valence electrons. The topological polar surface area (TPSA) is 86.8 Å². The average molecular weight is 631 g/mol. The molecule has 1 fully saturated rings. The van der Waals surface area contributed by atoms with Gasteiger partial charge in [-0.1, -0.05) is 78.9 Å². The molecule has 2 amide bonds. The molecule has 1 atom stereocenters. The van der Waals surface area contributed by atoms with Gasteiger partial charge in [0.15, 0.2) is 0 Å². The van der Waals surface area contributed by atoms with Crippen molar-refractivity contribution in [1.82, 2.24) is 10.2 Å². The van der Waals surface area contributed by atoms with Crippen LogP contribution in [0.5, 0.6) is 0 Å². The highest BCUT2D eigenvalue weighted by molar-refractivity contribution is 7.92. The number of amides is 2. The van der Waals surface area contributed by atoms with Crippen molar-refractivity contribution >= 4 is 50.7 Å². The van der Waals surface area contributed by atoms with E-state index in [1.807, 2.05) is 26.8 Å². The Morgan fingerprint density at radius 2 is 1.62 bits per heavy atom. The fraction of sp³-hybridized carbons (Fsp3) is 0.375. The molecular weight excluding hydrogens is 593 g/mol. The smallest absolute Gasteiger partial charge is 0.264 e. The number of sulfonamides is 1. The summed E-state index contributed by atoms with van der Waals surface area (Å²) in [4.78, 5) is 29.3. The van der Waals surface area contributed by atoms with Crippen molar-refractivity contribution in [3.8, 4) is 0 Å². The molecule has 4 rings (SSSR count). The molecule has 10 heteroatoms. The van der Waals surface area contributed by atoms with Crippen LogP contribution in [-0.4, -0.2) is 43.8 Å². The zero-order chi connectivity index (χ0) is 30.4. The third-order valence-corrected chi connectivity index (χ3v) is 10.1. The molecule has 0 spiro atoms. The first-order valence-electron chi connectivity index (χ1n) is 14.2. The maximum atomic E-state index is 14.2. The van der Waals surface area contributed by atoms with Crippen LogP contribution in [0.3, 0.4) is 0 Å². The predicted molar refractivity (Wildman–Crippen MR) is 168 cm³/mol. The van der Waals surface area contributed by atoms with Crippen molar-refractivity contribution in [3.63, 3.8) is 0 Å². The number of aryl methyl sites for hydroxylation is 2. The van der Waals surface area contributed by atoms with Crippen LogP contribution in [0.15, 0.2) is 71.6 Å². The van der Waals surface area contributed by atoms with Gasteiger partial charge in [0, 0.05) is 12.6 Å². The van der Waals surface area contributed by atoms with Crippen molar-refractivity contribution in [1.29, 1.82) is 0 Å². The molecule has 3 aromatic carbocycles. The van der Waals surface area contributed by atoms with E-state index in [0.717, 1.165) is 41.1 Å². The van der Waals surface area contributed by atoms with Crippen LogP contribution in [-0.2, 0) is 26.2 Å². The van der Waals surface area contributed by atoms with E-state index in [4.69, 9.17) is 23.2 Å². The van der Waals surface area contributed by atoms with Gasteiger partial charge in [0.05, 0.1) is 20.6 Å². The van der Waals surface area contributed by atoms with E-state index in [2.05, 4.69) is 5.32 Å². The number of carbonyl (C=O) groups excluding carboxylic acids is 2. The Hall–Kier alpha value is -3.07. The average Bonchev–Trinajstić information content (AvgIpc) is 3.46. The lowest BCUT2D eigenvalue weighted by atomic mass is 10.1. The molecule has 3 aromatic rings. The maximum absolute atomic E-state index is 14.2. The largest absolute Gasteiger partial charge is 0.352 e. The summed E-state index contributed by atoms with van der Waals surface area (Å²) in [5.41, 5.74) is 2.80. The van der Waals surface area contributed by atoms with Gasteiger partial charge in [0.1, 0.15) is 12.6 Å².